The van der Waals surface area contributed by atoms with E-state index in [1.54, 1.807) is 0 Å². The van der Waals surface area contributed by atoms with Crippen LogP contribution in [-0.4, -0.2) is 43.8 Å². The number of hydrogen-bond acceptors (Lipinski definition) is 3. The molecule has 0 aromatic carbocycles. The van der Waals surface area contributed by atoms with E-state index in [9.17, 15) is 0 Å². The van der Waals surface area contributed by atoms with Crippen LogP contribution in [0.15, 0.2) is 0 Å². The van der Waals surface area contributed by atoms with Crippen LogP contribution in [0.3, 0.4) is 0 Å². The Labute approximate surface area is 51.7 Å². The first-order chi connectivity index (χ1) is 1.91. The summed E-state index contributed by atoms with van der Waals surface area (Å²) in [6, 6.07) is 0. The van der Waals surface area contributed by atoms with E-state index in [4.69, 9.17) is 9.06 Å². The van der Waals surface area contributed by atoms with Crippen LogP contribution < -0.4 is 0 Å². The van der Waals surface area contributed by atoms with Gasteiger partial charge in [-0.15, -0.1) is 0 Å². The summed E-state index contributed by atoms with van der Waals surface area (Å²) < 4.78 is 12.0. The molecule has 1 N–H and O–H groups in total. The first kappa shape index (κ1) is 9.29. The van der Waals surface area contributed by atoms with Crippen LogP contribution in [0.4, 0.5) is 0 Å². The van der Waals surface area contributed by atoms with Crippen LogP contribution in [0, 0.1) is 0 Å². The van der Waals surface area contributed by atoms with Crippen molar-refractivity contribution in [3.8, 4) is 0 Å². The van der Waals surface area contributed by atoms with Gasteiger partial charge in [0.2, 0.25) is 0 Å². The molecule has 0 saturated carbocycles. The summed E-state index contributed by atoms with van der Waals surface area (Å²) in [4.78, 5) is 0. The Balaban J connectivity index is 0. The van der Waals surface area contributed by atoms with E-state index in [2.05, 4.69) is 3.94 Å². The summed E-state index contributed by atoms with van der Waals surface area (Å²) in [6.45, 7) is 0. The fraction of sp³-hybridized carbons (Fsp3) is 0. The fourth-order valence-electron chi connectivity index (χ4n) is 0. The molecule has 0 aliphatic heterocycles. The molecule has 0 unspecified atom stereocenters. The van der Waals surface area contributed by atoms with Crippen LogP contribution in [0.1, 0.15) is 0 Å². The zero-order valence-corrected chi connectivity index (χ0v) is 3.00. The Bertz CT molecular complexity index is 20.9. The minimum absolute atomic E-state index is 0. The molecule has 0 aromatic rings. The first-order valence-electron chi connectivity index (χ1n) is 0.654. The molecular weight excluding hydrogens is 99.3 g/mol. The quantitative estimate of drug-likeness (QED) is 0.250. The monoisotopic (exact) mass is 102 g/mol. The third-order valence-corrected chi connectivity index (χ3v) is 0.129. The summed E-state index contributed by atoms with van der Waals surface area (Å²) in [5.41, 5.74) is 0. The Morgan fingerprint density at radius 2 is 2.00 bits per heavy atom. The van der Waals surface area contributed by atoms with Crippen molar-refractivity contribution in [3.05, 3.63) is 0 Å². The molecule has 0 saturated heterocycles. The van der Waals surface area contributed by atoms with Crippen molar-refractivity contribution in [1.29, 1.82) is 0 Å². The van der Waals surface area contributed by atoms with E-state index >= 15 is 0 Å². The molecular formula is H3AlMgO3. The Hall–Kier alpha value is 0.859. The van der Waals surface area contributed by atoms with Gasteiger partial charge >= 0.3 is 51.5 Å². The van der Waals surface area contributed by atoms with Crippen LogP contribution in [0.25, 0.3) is 0 Å². The molecule has 0 heterocycles. The van der Waals surface area contributed by atoms with Crippen molar-refractivity contribution in [1.82, 2.24) is 0 Å². The second-order valence-electron chi connectivity index (χ2n) is 0.202. The van der Waals surface area contributed by atoms with Crippen molar-refractivity contribution in [2.45, 2.75) is 0 Å². The topological polar surface area (TPSA) is 46.5 Å². The fourth-order valence-corrected chi connectivity index (χ4v) is 0. The van der Waals surface area contributed by atoms with E-state index in [0.29, 0.717) is 0 Å². The Morgan fingerprint density at radius 1 is 1.80 bits per heavy atom. The molecule has 0 aliphatic rings. The summed E-state index contributed by atoms with van der Waals surface area (Å²) in [5, 5.41) is 7.10. The minimum atomic E-state index is -1.41. The zero-order chi connectivity index (χ0) is 3.41. The summed E-state index contributed by atoms with van der Waals surface area (Å²) in [7, 11) is 0. The molecule has 0 aromatic heterocycles. The summed E-state index contributed by atoms with van der Waals surface area (Å²) in [5.74, 6) is 0. The van der Waals surface area contributed by atoms with Gasteiger partial charge in [0.1, 0.15) is 0 Å². The summed E-state index contributed by atoms with van der Waals surface area (Å²) in [6.07, 6.45) is 0. The van der Waals surface area contributed by atoms with Gasteiger partial charge in [-0.1, -0.05) is 0 Å². The SMILES string of the molecule is [MgH2].[O]=[Al][O]O. The third kappa shape index (κ3) is 11.5. The standard InChI is InChI=1S/Al.Mg.H2O2.O.2H/c;;1-2;;;/h;;1-2H;;;/q+1;;;;;/p-1. The van der Waals surface area contributed by atoms with E-state index < -0.39 is 15.5 Å². The first-order valence-corrected chi connectivity index (χ1v) is 1.60. The Kier molecular flexibility index (Phi) is 16.4. The van der Waals surface area contributed by atoms with Crippen molar-refractivity contribution in [3.63, 3.8) is 0 Å². The normalized spacial score (nSPS) is 3.40. The van der Waals surface area contributed by atoms with Crippen LogP contribution >= 0.6 is 0 Å². The van der Waals surface area contributed by atoms with Crippen molar-refractivity contribution < 1.29 is 13.0 Å². The maximum absolute atomic E-state index is 8.91. The number of rotatable bonds is 1. The molecule has 5 heteroatoms. The van der Waals surface area contributed by atoms with Crippen molar-refractivity contribution >= 4 is 38.5 Å². The van der Waals surface area contributed by atoms with Crippen molar-refractivity contribution in [2.24, 2.45) is 0 Å². The van der Waals surface area contributed by atoms with E-state index in [-0.39, 0.29) is 23.1 Å². The average molecular weight is 102 g/mol. The predicted octanol–water partition coefficient (Wildman–Crippen LogP) is -1.48. The van der Waals surface area contributed by atoms with Gasteiger partial charge in [-0.25, -0.2) is 0 Å². The van der Waals surface area contributed by atoms with Gasteiger partial charge in [-0.05, 0) is 0 Å². The summed E-state index contributed by atoms with van der Waals surface area (Å²) >= 11 is -1.41. The molecule has 0 amide bonds. The molecule has 0 bridgehead atoms. The average Bonchev–Trinajstić information content (AvgIpc) is 1.37. The van der Waals surface area contributed by atoms with Crippen LogP contribution in [0.2, 0.25) is 0 Å². The van der Waals surface area contributed by atoms with Gasteiger partial charge < -0.3 is 0 Å². The van der Waals surface area contributed by atoms with E-state index in [0.717, 1.165) is 0 Å². The van der Waals surface area contributed by atoms with Gasteiger partial charge in [0.15, 0.2) is 0 Å². The molecule has 0 fully saturated rings. The third-order valence-electron chi connectivity index (χ3n) is 0.0430. The zero-order valence-electron chi connectivity index (χ0n) is 1.84. The molecule has 3 nitrogen and oxygen atoms in total. The molecule has 26 valence electrons. The molecule has 0 rings (SSSR count). The molecule has 5 heavy (non-hydrogen) atoms. The van der Waals surface area contributed by atoms with Crippen LogP contribution in [-0.2, 0) is 7.74 Å². The second-order valence-corrected chi connectivity index (χ2v) is 0.605. The van der Waals surface area contributed by atoms with E-state index in [1.165, 1.54) is 0 Å². The van der Waals surface area contributed by atoms with Gasteiger partial charge in [-0.2, -0.15) is 0 Å². The van der Waals surface area contributed by atoms with E-state index in [1.807, 2.05) is 0 Å². The second kappa shape index (κ2) is 8.85. The van der Waals surface area contributed by atoms with Gasteiger partial charge in [0, 0.05) is 0 Å². The molecule has 0 spiro atoms. The predicted molar refractivity (Wildman–Crippen MR) is 18.7 cm³/mol. The molecule has 0 aliphatic carbocycles. The molecule has 0 atom stereocenters. The molecule has 0 radical (unpaired) electrons. The number of hydrogen-bond donors (Lipinski definition) is 1. The van der Waals surface area contributed by atoms with Crippen molar-refractivity contribution in [2.75, 3.05) is 0 Å². The maximum atomic E-state index is 8.91. The van der Waals surface area contributed by atoms with Gasteiger partial charge in [0.05, 0.1) is 0 Å². The van der Waals surface area contributed by atoms with Crippen LogP contribution in [0.5, 0.6) is 0 Å². The van der Waals surface area contributed by atoms with Gasteiger partial charge in [0.25, 0.3) is 0 Å². The Morgan fingerprint density at radius 3 is 2.00 bits per heavy atom. The van der Waals surface area contributed by atoms with Gasteiger partial charge in [-0.3, -0.25) is 0 Å².